The van der Waals surface area contributed by atoms with Crippen molar-refractivity contribution in [3.05, 3.63) is 47.5 Å². The van der Waals surface area contributed by atoms with E-state index in [1.54, 1.807) is 25.3 Å². The number of ether oxygens (including phenoxy) is 1. The molecule has 25 heavy (non-hydrogen) atoms. The van der Waals surface area contributed by atoms with Crippen LogP contribution in [0.2, 0.25) is 5.02 Å². The molecule has 0 saturated carbocycles. The van der Waals surface area contributed by atoms with E-state index < -0.39 is 0 Å². The van der Waals surface area contributed by atoms with Gasteiger partial charge in [-0.25, -0.2) is 0 Å². The standard InChI is InChI=1S/C19H22ClN3O2/c1-19(2)12-23(16-7-5-4-6-15(16)22-19)11-18(24)21-13-8-9-17(25-3)14(20)10-13/h4-10,22H,11-12H2,1-3H3,(H,21,24). The highest BCUT2D eigenvalue weighted by Gasteiger charge is 2.30. The summed E-state index contributed by atoms with van der Waals surface area (Å²) in [6, 6.07) is 13.2. The van der Waals surface area contributed by atoms with Gasteiger partial charge in [-0.15, -0.1) is 0 Å². The maximum Gasteiger partial charge on any atom is 0.243 e. The molecular formula is C19H22ClN3O2. The number of amides is 1. The summed E-state index contributed by atoms with van der Waals surface area (Å²) in [6.07, 6.45) is 0. The second-order valence-corrected chi connectivity index (χ2v) is 7.19. The number of rotatable bonds is 4. The first-order valence-corrected chi connectivity index (χ1v) is 8.51. The summed E-state index contributed by atoms with van der Waals surface area (Å²) < 4.78 is 5.13. The van der Waals surface area contributed by atoms with Gasteiger partial charge < -0.3 is 20.3 Å². The molecule has 1 aliphatic rings. The van der Waals surface area contributed by atoms with Crippen molar-refractivity contribution >= 4 is 34.6 Å². The lowest BCUT2D eigenvalue weighted by Crippen LogP contribution is -2.50. The van der Waals surface area contributed by atoms with Gasteiger partial charge in [-0.1, -0.05) is 23.7 Å². The van der Waals surface area contributed by atoms with Crippen molar-refractivity contribution in [1.29, 1.82) is 0 Å². The van der Waals surface area contributed by atoms with Crippen LogP contribution in [0.15, 0.2) is 42.5 Å². The van der Waals surface area contributed by atoms with Crippen LogP contribution in [0.3, 0.4) is 0 Å². The molecule has 1 aliphatic heterocycles. The number of benzene rings is 2. The Morgan fingerprint density at radius 1 is 1.32 bits per heavy atom. The lowest BCUT2D eigenvalue weighted by atomic mass is 9.99. The molecule has 0 radical (unpaired) electrons. The predicted molar refractivity (Wildman–Crippen MR) is 103 cm³/mol. The molecule has 0 fully saturated rings. The third kappa shape index (κ3) is 3.99. The zero-order valence-corrected chi connectivity index (χ0v) is 15.4. The summed E-state index contributed by atoms with van der Waals surface area (Å²) >= 11 is 6.11. The fourth-order valence-electron chi connectivity index (χ4n) is 3.08. The van der Waals surface area contributed by atoms with Gasteiger partial charge in [0.05, 0.1) is 30.1 Å². The highest BCUT2D eigenvalue weighted by atomic mass is 35.5. The number of carbonyl (C=O) groups is 1. The number of hydrogen-bond donors (Lipinski definition) is 2. The van der Waals surface area contributed by atoms with Crippen LogP contribution in [0.4, 0.5) is 17.1 Å². The number of fused-ring (bicyclic) bond motifs is 1. The molecule has 2 aromatic carbocycles. The largest absolute Gasteiger partial charge is 0.495 e. The molecule has 0 spiro atoms. The summed E-state index contributed by atoms with van der Waals surface area (Å²) in [4.78, 5) is 14.6. The van der Waals surface area contributed by atoms with E-state index in [9.17, 15) is 4.79 Å². The average Bonchev–Trinajstić information content (AvgIpc) is 2.54. The van der Waals surface area contributed by atoms with Crippen LogP contribution in [0.1, 0.15) is 13.8 Å². The number of hydrogen-bond acceptors (Lipinski definition) is 4. The van der Waals surface area contributed by atoms with Gasteiger partial charge in [-0.3, -0.25) is 4.79 Å². The number of anilines is 3. The molecule has 0 atom stereocenters. The van der Waals surface area contributed by atoms with Crippen LogP contribution in [-0.4, -0.2) is 31.6 Å². The first-order chi connectivity index (χ1) is 11.9. The van der Waals surface area contributed by atoms with E-state index in [0.29, 0.717) is 16.5 Å². The number of nitrogens with zero attached hydrogens (tertiary/aromatic N) is 1. The van der Waals surface area contributed by atoms with E-state index in [1.807, 2.05) is 24.3 Å². The Balaban J connectivity index is 1.73. The Morgan fingerprint density at radius 3 is 2.80 bits per heavy atom. The Hall–Kier alpha value is -2.40. The molecule has 0 unspecified atom stereocenters. The molecule has 1 amide bonds. The third-order valence-corrected chi connectivity index (χ3v) is 4.37. The Bertz CT molecular complexity index is 792. The number of halogens is 1. The summed E-state index contributed by atoms with van der Waals surface area (Å²) in [6.45, 7) is 5.25. The van der Waals surface area contributed by atoms with Crippen LogP contribution >= 0.6 is 11.6 Å². The summed E-state index contributed by atoms with van der Waals surface area (Å²) in [5.74, 6) is 0.492. The Labute approximate surface area is 152 Å². The second-order valence-electron chi connectivity index (χ2n) is 6.78. The zero-order valence-electron chi connectivity index (χ0n) is 14.6. The molecule has 2 aromatic rings. The van der Waals surface area contributed by atoms with Gasteiger partial charge in [-0.2, -0.15) is 0 Å². The van der Waals surface area contributed by atoms with Gasteiger partial charge in [-0.05, 0) is 44.2 Å². The molecule has 0 aromatic heterocycles. The third-order valence-electron chi connectivity index (χ3n) is 4.07. The van der Waals surface area contributed by atoms with Gasteiger partial charge in [0.25, 0.3) is 0 Å². The van der Waals surface area contributed by atoms with Crippen LogP contribution < -0.4 is 20.3 Å². The van der Waals surface area contributed by atoms with E-state index >= 15 is 0 Å². The van der Waals surface area contributed by atoms with Gasteiger partial charge in [0, 0.05) is 17.8 Å². The van der Waals surface area contributed by atoms with Crippen LogP contribution in [-0.2, 0) is 4.79 Å². The Kier molecular flexibility index (Phi) is 4.77. The minimum atomic E-state index is -0.113. The van der Waals surface area contributed by atoms with Gasteiger partial charge >= 0.3 is 0 Å². The van der Waals surface area contributed by atoms with E-state index in [2.05, 4.69) is 29.4 Å². The highest BCUT2D eigenvalue weighted by Crippen LogP contribution is 2.34. The number of methoxy groups -OCH3 is 1. The normalized spacial score (nSPS) is 15.1. The van der Waals surface area contributed by atoms with Crippen LogP contribution in [0, 0.1) is 0 Å². The zero-order chi connectivity index (χ0) is 18.0. The lowest BCUT2D eigenvalue weighted by Gasteiger charge is -2.41. The van der Waals surface area contributed by atoms with Crippen molar-refractivity contribution in [3.63, 3.8) is 0 Å². The molecular weight excluding hydrogens is 338 g/mol. The van der Waals surface area contributed by atoms with Crippen molar-refractivity contribution < 1.29 is 9.53 Å². The number of para-hydroxylation sites is 2. The SMILES string of the molecule is COc1ccc(NC(=O)CN2CC(C)(C)Nc3ccccc32)cc1Cl. The molecule has 2 N–H and O–H groups in total. The van der Waals surface area contributed by atoms with Crippen molar-refractivity contribution in [2.24, 2.45) is 0 Å². The molecule has 0 saturated heterocycles. The monoisotopic (exact) mass is 359 g/mol. The quantitative estimate of drug-likeness (QED) is 0.866. The smallest absolute Gasteiger partial charge is 0.243 e. The predicted octanol–water partition coefficient (Wildman–Crippen LogP) is 4.00. The van der Waals surface area contributed by atoms with Gasteiger partial charge in [0.1, 0.15) is 5.75 Å². The van der Waals surface area contributed by atoms with Gasteiger partial charge in [0.2, 0.25) is 5.91 Å². The summed E-state index contributed by atoms with van der Waals surface area (Å²) in [5, 5.41) is 6.87. The number of nitrogens with one attached hydrogen (secondary N) is 2. The van der Waals surface area contributed by atoms with E-state index in [1.165, 1.54) is 0 Å². The van der Waals surface area contributed by atoms with Crippen molar-refractivity contribution in [2.45, 2.75) is 19.4 Å². The van der Waals surface area contributed by atoms with Crippen LogP contribution in [0.25, 0.3) is 0 Å². The summed E-state index contributed by atoms with van der Waals surface area (Å²) in [5.41, 5.74) is 2.61. The van der Waals surface area contributed by atoms with Crippen LogP contribution in [0.5, 0.6) is 5.75 Å². The van der Waals surface area contributed by atoms with E-state index in [4.69, 9.17) is 16.3 Å². The minimum absolute atomic E-state index is 0.0891. The minimum Gasteiger partial charge on any atom is -0.495 e. The first kappa shape index (κ1) is 17.4. The number of carbonyl (C=O) groups excluding carboxylic acids is 1. The molecule has 0 aliphatic carbocycles. The fraction of sp³-hybridized carbons (Fsp3) is 0.316. The molecule has 3 rings (SSSR count). The van der Waals surface area contributed by atoms with E-state index in [-0.39, 0.29) is 18.0 Å². The van der Waals surface area contributed by atoms with E-state index in [0.717, 1.165) is 17.9 Å². The fourth-order valence-corrected chi connectivity index (χ4v) is 3.34. The summed E-state index contributed by atoms with van der Waals surface area (Å²) in [7, 11) is 1.56. The first-order valence-electron chi connectivity index (χ1n) is 8.13. The molecule has 6 heteroatoms. The van der Waals surface area contributed by atoms with Crippen molar-refractivity contribution in [1.82, 2.24) is 0 Å². The Morgan fingerprint density at radius 2 is 2.08 bits per heavy atom. The highest BCUT2D eigenvalue weighted by molar-refractivity contribution is 6.32. The lowest BCUT2D eigenvalue weighted by molar-refractivity contribution is -0.115. The second kappa shape index (κ2) is 6.84. The maximum atomic E-state index is 12.5. The van der Waals surface area contributed by atoms with Crippen molar-refractivity contribution in [3.8, 4) is 5.75 Å². The molecule has 132 valence electrons. The molecule has 0 bridgehead atoms. The maximum absolute atomic E-state index is 12.5. The average molecular weight is 360 g/mol. The van der Waals surface area contributed by atoms with Crippen molar-refractivity contribution in [2.75, 3.05) is 35.7 Å². The van der Waals surface area contributed by atoms with Gasteiger partial charge in [0.15, 0.2) is 0 Å². The molecule has 5 nitrogen and oxygen atoms in total. The molecule has 1 heterocycles. The topological polar surface area (TPSA) is 53.6 Å².